The van der Waals surface area contributed by atoms with Crippen molar-refractivity contribution in [1.29, 1.82) is 0 Å². The number of fused-ring (bicyclic) bond motifs is 1. The third-order valence-electron chi connectivity index (χ3n) is 7.45. The average molecular weight is 535 g/mol. The van der Waals surface area contributed by atoms with E-state index in [9.17, 15) is 0 Å². The molecule has 1 heterocycles. The fourth-order valence-corrected chi connectivity index (χ4v) is 4.92. The van der Waals surface area contributed by atoms with Crippen molar-refractivity contribution in [2.24, 2.45) is 5.41 Å². The molecule has 0 unspecified atom stereocenters. The third-order valence-corrected chi connectivity index (χ3v) is 7.45. The van der Waals surface area contributed by atoms with Crippen LogP contribution in [0.15, 0.2) is 52.9 Å². The van der Waals surface area contributed by atoms with Crippen molar-refractivity contribution in [1.82, 2.24) is 10.6 Å². The van der Waals surface area contributed by atoms with E-state index < -0.39 is 0 Å². The molecule has 1 aromatic heterocycles. The molecule has 0 radical (unpaired) electrons. The molecule has 0 aliphatic heterocycles. The highest BCUT2D eigenvalue weighted by atomic mass is 16.5. The minimum absolute atomic E-state index is 0.0504. The van der Waals surface area contributed by atoms with Crippen molar-refractivity contribution in [3.05, 3.63) is 65.4 Å². The third kappa shape index (κ3) is 10.7. The Kier molecular flexibility index (Phi) is 9.99. The van der Waals surface area contributed by atoms with Crippen LogP contribution in [0.3, 0.4) is 0 Å². The Balaban J connectivity index is 1.46. The van der Waals surface area contributed by atoms with Crippen LogP contribution in [0, 0.1) is 5.41 Å². The second-order valence-electron chi connectivity index (χ2n) is 14.8. The van der Waals surface area contributed by atoms with Gasteiger partial charge in [0.1, 0.15) is 23.7 Å². The fraction of sp³-hybridized carbons (Fsp3) is 0.600. The lowest BCUT2D eigenvalue weighted by Crippen LogP contribution is -2.42. The number of ether oxygens (including phenoxy) is 1. The van der Waals surface area contributed by atoms with Crippen molar-refractivity contribution in [3.63, 3.8) is 0 Å². The Hall–Kier alpha value is -2.30. The van der Waals surface area contributed by atoms with Crippen molar-refractivity contribution >= 4 is 11.0 Å². The van der Waals surface area contributed by atoms with Crippen molar-refractivity contribution < 1.29 is 9.15 Å². The minimum Gasteiger partial charge on any atom is -0.492 e. The highest BCUT2D eigenvalue weighted by molar-refractivity contribution is 5.78. The van der Waals surface area contributed by atoms with Gasteiger partial charge in [0.25, 0.3) is 0 Å². The van der Waals surface area contributed by atoms with Gasteiger partial charge in [0.05, 0.1) is 0 Å². The van der Waals surface area contributed by atoms with E-state index in [1.54, 1.807) is 0 Å². The van der Waals surface area contributed by atoms with Gasteiger partial charge in [-0.25, -0.2) is 0 Å². The summed E-state index contributed by atoms with van der Waals surface area (Å²) in [6.45, 7) is 25.1. The van der Waals surface area contributed by atoms with Crippen molar-refractivity contribution in [2.75, 3.05) is 19.7 Å². The molecular formula is C35H54N2O2. The molecular weight excluding hydrogens is 480 g/mol. The van der Waals surface area contributed by atoms with Gasteiger partial charge in [-0.3, -0.25) is 0 Å². The lowest BCUT2D eigenvalue weighted by molar-refractivity contribution is 0.239. The van der Waals surface area contributed by atoms with Crippen LogP contribution < -0.4 is 15.4 Å². The summed E-state index contributed by atoms with van der Waals surface area (Å²) in [6, 6.07) is 17.4. The normalized spacial score (nSPS) is 13.3. The lowest BCUT2D eigenvalue weighted by Gasteiger charge is -2.32. The summed E-state index contributed by atoms with van der Waals surface area (Å²) in [7, 11) is 0. The number of benzene rings is 2. The fourth-order valence-electron chi connectivity index (χ4n) is 4.92. The van der Waals surface area contributed by atoms with Crippen LogP contribution in [-0.2, 0) is 18.3 Å². The van der Waals surface area contributed by atoms with E-state index in [0.717, 1.165) is 55.9 Å². The van der Waals surface area contributed by atoms with Crippen LogP contribution in [0.4, 0.5) is 0 Å². The Bertz CT molecular complexity index is 1190. The molecule has 0 amide bonds. The van der Waals surface area contributed by atoms with Gasteiger partial charge < -0.3 is 19.8 Å². The van der Waals surface area contributed by atoms with Gasteiger partial charge >= 0.3 is 0 Å². The molecule has 2 N–H and O–H groups in total. The maximum Gasteiger partial charge on any atom is 0.134 e. The number of furan rings is 1. The molecule has 2 aromatic carbocycles. The van der Waals surface area contributed by atoms with E-state index in [1.165, 1.54) is 16.5 Å². The van der Waals surface area contributed by atoms with Crippen molar-refractivity contribution in [3.8, 4) is 5.75 Å². The lowest BCUT2D eigenvalue weighted by atomic mass is 9.78. The molecule has 216 valence electrons. The van der Waals surface area contributed by atoms with Crippen LogP contribution in [0.25, 0.3) is 11.0 Å². The molecule has 3 rings (SSSR count). The zero-order valence-corrected chi connectivity index (χ0v) is 26.4. The summed E-state index contributed by atoms with van der Waals surface area (Å²) in [6.07, 6.45) is 4.19. The molecule has 4 nitrogen and oxygen atoms in total. The first-order chi connectivity index (χ1) is 18.0. The predicted molar refractivity (Wildman–Crippen MR) is 167 cm³/mol. The molecule has 0 bridgehead atoms. The van der Waals surface area contributed by atoms with Gasteiger partial charge in [-0.15, -0.1) is 0 Å². The summed E-state index contributed by atoms with van der Waals surface area (Å²) >= 11 is 0. The van der Waals surface area contributed by atoms with Gasteiger partial charge in [0, 0.05) is 36.0 Å². The second kappa shape index (κ2) is 12.5. The standard InChI is InChI=1S/C35H54N2O2/c1-32(2,3)28-12-11-13-29(24-28)38-21-20-37-35(9,10)18-17-34(7,8)25-26-14-15-27-23-30(39-31(27)22-26)16-19-36-33(4,5)6/h11-15,22-24,36-37H,16-21,25H2,1-10H3. The molecule has 0 atom stereocenters. The van der Waals surface area contributed by atoms with E-state index in [0.29, 0.717) is 6.61 Å². The Morgan fingerprint density at radius 3 is 2.21 bits per heavy atom. The van der Waals surface area contributed by atoms with Crippen LogP contribution in [0.5, 0.6) is 5.75 Å². The first-order valence-electron chi connectivity index (χ1n) is 14.8. The monoisotopic (exact) mass is 534 g/mol. The molecule has 0 fully saturated rings. The summed E-state index contributed by atoms with van der Waals surface area (Å²) in [5.41, 5.74) is 4.15. The summed E-state index contributed by atoms with van der Waals surface area (Å²) in [5.74, 6) is 2.00. The first-order valence-corrected chi connectivity index (χ1v) is 14.8. The second-order valence-corrected chi connectivity index (χ2v) is 14.8. The smallest absolute Gasteiger partial charge is 0.134 e. The van der Waals surface area contributed by atoms with E-state index >= 15 is 0 Å². The molecule has 3 aromatic rings. The average Bonchev–Trinajstić information content (AvgIpc) is 3.21. The minimum atomic E-state index is 0.0504. The van der Waals surface area contributed by atoms with E-state index in [1.807, 2.05) is 6.07 Å². The van der Waals surface area contributed by atoms with Gasteiger partial charge in [-0.1, -0.05) is 58.9 Å². The number of rotatable bonds is 13. The molecule has 39 heavy (non-hydrogen) atoms. The van der Waals surface area contributed by atoms with Gasteiger partial charge in [-0.2, -0.15) is 0 Å². The first kappa shape index (κ1) is 31.2. The quantitative estimate of drug-likeness (QED) is 0.216. The Morgan fingerprint density at radius 1 is 0.769 bits per heavy atom. The number of hydrogen-bond donors (Lipinski definition) is 2. The molecule has 0 aliphatic rings. The zero-order chi connectivity index (χ0) is 28.9. The predicted octanol–water partition coefficient (Wildman–Crippen LogP) is 8.46. The van der Waals surface area contributed by atoms with Gasteiger partial charge in [0.2, 0.25) is 0 Å². The molecule has 0 saturated heterocycles. The number of nitrogens with one attached hydrogen (secondary N) is 2. The molecule has 0 saturated carbocycles. The molecule has 0 aliphatic carbocycles. The van der Waals surface area contributed by atoms with Crippen LogP contribution in [0.2, 0.25) is 0 Å². The SMILES string of the molecule is CC(C)(CCC(C)(C)NCCOc1cccc(C(C)(C)C)c1)Cc1ccc2cc(CCNC(C)(C)C)oc2c1. The maximum absolute atomic E-state index is 6.20. The van der Waals surface area contributed by atoms with E-state index in [2.05, 4.69) is 122 Å². The van der Waals surface area contributed by atoms with E-state index in [4.69, 9.17) is 9.15 Å². The molecule has 4 heteroatoms. The topological polar surface area (TPSA) is 46.4 Å². The maximum atomic E-state index is 6.20. The van der Waals surface area contributed by atoms with Crippen LogP contribution in [0.1, 0.15) is 99.0 Å². The summed E-state index contributed by atoms with van der Waals surface area (Å²) in [4.78, 5) is 0. The highest BCUT2D eigenvalue weighted by Gasteiger charge is 2.25. The van der Waals surface area contributed by atoms with Crippen molar-refractivity contribution in [2.45, 2.75) is 111 Å². The zero-order valence-electron chi connectivity index (χ0n) is 26.4. The van der Waals surface area contributed by atoms with Crippen LogP contribution >= 0.6 is 0 Å². The Labute approximate surface area is 238 Å². The van der Waals surface area contributed by atoms with Crippen LogP contribution in [-0.4, -0.2) is 30.8 Å². The Morgan fingerprint density at radius 2 is 1.51 bits per heavy atom. The van der Waals surface area contributed by atoms with Gasteiger partial charge in [-0.05, 0) is 100 Å². The van der Waals surface area contributed by atoms with E-state index in [-0.39, 0.29) is 21.9 Å². The molecule has 0 spiro atoms. The highest BCUT2D eigenvalue weighted by Crippen LogP contribution is 2.32. The largest absolute Gasteiger partial charge is 0.492 e. The number of hydrogen-bond acceptors (Lipinski definition) is 4. The summed E-state index contributed by atoms with van der Waals surface area (Å²) < 4.78 is 12.3. The summed E-state index contributed by atoms with van der Waals surface area (Å²) in [5, 5.41) is 8.45. The van der Waals surface area contributed by atoms with Gasteiger partial charge in [0.15, 0.2) is 0 Å².